The van der Waals surface area contributed by atoms with Gasteiger partial charge in [0.25, 0.3) is 0 Å². The molecule has 0 radical (unpaired) electrons. The third kappa shape index (κ3) is 5.28. The van der Waals surface area contributed by atoms with E-state index in [1.165, 1.54) is 11.1 Å². The van der Waals surface area contributed by atoms with E-state index in [4.69, 9.17) is 9.47 Å². The molecule has 5 nitrogen and oxygen atoms in total. The smallest absolute Gasteiger partial charge is 0.163 e. The minimum Gasteiger partial charge on any atom is -0.508 e. The lowest BCUT2D eigenvalue weighted by atomic mass is 9.66. The van der Waals surface area contributed by atoms with Crippen LogP contribution in [-0.2, 0) is 16.0 Å². The minimum atomic E-state index is -0.0112. The predicted molar refractivity (Wildman–Crippen MR) is 141 cm³/mol. The number of benzene rings is 2. The van der Waals surface area contributed by atoms with Crippen LogP contribution in [0.5, 0.6) is 11.5 Å². The number of halogens is 1. The number of carbonyl (C=O) groups is 1. The predicted octanol–water partition coefficient (Wildman–Crippen LogP) is 5.53. The summed E-state index contributed by atoms with van der Waals surface area (Å²) in [5, 5.41) is 10.1. The summed E-state index contributed by atoms with van der Waals surface area (Å²) in [7, 11) is 0. The van der Waals surface area contributed by atoms with E-state index < -0.39 is 0 Å². The van der Waals surface area contributed by atoms with Crippen molar-refractivity contribution in [3.8, 4) is 11.5 Å². The van der Waals surface area contributed by atoms with Crippen molar-refractivity contribution in [1.29, 1.82) is 0 Å². The fraction of sp³-hybridized carbons (Fsp3) is 0.483. The maximum Gasteiger partial charge on any atom is 0.163 e. The van der Waals surface area contributed by atoms with Crippen LogP contribution in [0.4, 0.5) is 0 Å². The molecule has 0 amide bonds. The van der Waals surface area contributed by atoms with Crippen molar-refractivity contribution in [2.75, 3.05) is 39.5 Å². The molecule has 1 unspecified atom stereocenters. The minimum absolute atomic E-state index is 0. The number of Topliss-reactive ketones (excluding diaryl/α,β-unsaturated/α-hetero) is 1. The Morgan fingerprint density at radius 1 is 1.11 bits per heavy atom. The summed E-state index contributed by atoms with van der Waals surface area (Å²) in [6, 6.07) is 13.7. The molecule has 0 bridgehead atoms. The van der Waals surface area contributed by atoms with Crippen molar-refractivity contribution < 1.29 is 19.4 Å². The van der Waals surface area contributed by atoms with Crippen molar-refractivity contribution >= 4 is 29.3 Å². The number of aromatic hydroxyl groups is 1. The standard InChI is InChI=1S/C29H35NO4.ClH/c1-2-3-11-29-12-10-26(32)27(28(29)25-9-6-23(31)19-22(25)20-29)21-4-7-24(8-5-21)34-18-15-30-13-16-33-17-14-30;/h4-9,19,31H,2-3,10-18,20H2,1H3;1H. The highest BCUT2D eigenvalue weighted by molar-refractivity contribution is 6.30. The largest absolute Gasteiger partial charge is 0.508 e. The Morgan fingerprint density at radius 3 is 2.63 bits per heavy atom. The normalized spacial score (nSPS) is 21.9. The van der Waals surface area contributed by atoms with Crippen LogP contribution in [-0.4, -0.2) is 55.2 Å². The quantitative estimate of drug-likeness (QED) is 0.519. The zero-order valence-electron chi connectivity index (χ0n) is 20.6. The summed E-state index contributed by atoms with van der Waals surface area (Å²) in [5.41, 5.74) is 5.34. The van der Waals surface area contributed by atoms with Crippen molar-refractivity contribution in [1.82, 2.24) is 4.90 Å². The Balaban J connectivity index is 0.00000289. The number of phenols is 1. The second-order valence-electron chi connectivity index (χ2n) is 9.90. The van der Waals surface area contributed by atoms with Gasteiger partial charge in [0.2, 0.25) is 0 Å². The molecule has 2 aromatic rings. The van der Waals surface area contributed by atoms with Gasteiger partial charge in [0.05, 0.1) is 13.2 Å². The van der Waals surface area contributed by atoms with Gasteiger partial charge in [-0.2, -0.15) is 0 Å². The van der Waals surface area contributed by atoms with Crippen LogP contribution in [0.2, 0.25) is 0 Å². The number of hydrogen-bond donors (Lipinski definition) is 1. The molecule has 3 aliphatic rings. The van der Waals surface area contributed by atoms with E-state index in [0.717, 1.165) is 87.4 Å². The molecule has 6 heteroatoms. The molecule has 0 spiro atoms. The average Bonchev–Trinajstić information content (AvgIpc) is 3.18. The summed E-state index contributed by atoms with van der Waals surface area (Å²) in [5.74, 6) is 1.36. The number of fused-ring (bicyclic) bond motifs is 3. The van der Waals surface area contributed by atoms with Crippen LogP contribution in [0, 0.1) is 5.41 Å². The van der Waals surface area contributed by atoms with E-state index in [9.17, 15) is 9.90 Å². The van der Waals surface area contributed by atoms with Gasteiger partial charge < -0.3 is 14.6 Å². The number of hydrogen-bond acceptors (Lipinski definition) is 5. The van der Waals surface area contributed by atoms with E-state index in [0.29, 0.717) is 18.8 Å². The number of allylic oxidation sites excluding steroid dienone is 2. The van der Waals surface area contributed by atoms with Gasteiger partial charge in [-0.1, -0.05) is 38.0 Å². The summed E-state index contributed by atoms with van der Waals surface area (Å²) >= 11 is 0. The summed E-state index contributed by atoms with van der Waals surface area (Å²) in [6.45, 7) is 7.26. The van der Waals surface area contributed by atoms with E-state index in [1.807, 2.05) is 36.4 Å². The van der Waals surface area contributed by atoms with Gasteiger partial charge in [-0.25, -0.2) is 0 Å². The van der Waals surface area contributed by atoms with E-state index in [1.54, 1.807) is 6.07 Å². The molecule has 1 atom stereocenters. The molecular formula is C29H36ClNO4. The SMILES string of the molecule is CCCCC12CCC(=O)C(c3ccc(OCCN4CCOCC4)cc3)=C1c1ccc(O)cc1C2.Cl. The fourth-order valence-electron chi connectivity index (χ4n) is 5.93. The first-order valence-electron chi connectivity index (χ1n) is 12.7. The Morgan fingerprint density at radius 2 is 1.89 bits per heavy atom. The molecule has 35 heavy (non-hydrogen) atoms. The highest BCUT2D eigenvalue weighted by Crippen LogP contribution is 2.58. The Labute approximate surface area is 214 Å². The summed E-state index contributed by atoms with van der Waals surface area (Å²) in [4.78, 5) is 15.7. The van der Waals surface area contributed by atoms with Crippen LogP contribution in [0.3, 0.4) is 0 Å². The molecule has 0 saturated carbocycles. The van der Waals surface area contributed by atoms with Gasteiger partial charge in [0.1, 0.15) is 18.1 Å². The lowest BCUT2D eigenvalue weighted by Gasteiger charge is -2.36. The van der Waals surface area contributed by atoms with Gasteiger partial charge in [0.15, 0.2) is 5.78 Å². The second kappa shape index (κ2) is 11.2. The number of ketones is 1. The summed E-state index contributed by atoms with van der Waals surface area (Å²) in [6.07, 6.45) is 5.74. The third-order valence-corrected chi connectivity index (χ3v) is 7.71. The second-order valence-corrected chi connectivity index (χ2v) is 9.90. The number of ether oxygens (including phenoxy) is 2. The van der Waals surface area contributed by atoms with Crippen LogP contribution < -0.4 is 4.74 Å². The van der Waals surface area contributed by atoms with Gasteiger partial charge in [-0.05, 0) is 65.8 Å². The molecular weight excluding hydrogens is 462 g/mol. The van der Waals surface area contributed by atoms with Crippen LogP contribution >= 0.6 is 12.4 Å². The first-order valence-corrected chi connectivity index (χ1v) is 12.7. The summed E-state index contributed by atoms with van der Waals surface area (Å²) < 4.78 is 11.4. The van der Waals surface area contributed by atoms with Crippen molar-refractivity contribution in [3.05, 3.63) is 59.2 Å². The molecule has 2 aliphatic carbocycles. The van der Waals surface area contributed by atoms with Crippen LogP contribution in [0.15, 0.2) is 42.5 Å². The first-order chi connectivity index (χ1) is 16.6. The van der Waals surface area contributed by atoms with Gasteiger partial charge in [-0.3, -0.25) is 9.69 Å². The molecule has 1 fully saturated rings. The molecule has 1 N–H and O–H groups in total. The molecule has 2 aromatic carbocycles. The average molecular weight is 498 g/mol. The van der Waals surface area contributed by atoms with Crippen LogP contribution in [0.1, 0.15) is 55.7 Å². The zero-order chi connectivity index (χ0) is 23.5. The van der Waals surface area contributed by atoms with Crippen molar-refractivity contribution in [2.45, 2.75) is 45.4 Å². The maximum absolute atomic E-state index is 13.3. The number of unbranched alkanes of at least 4 members (excludes halogenated alkanes) is 1. The number of rotatable bonds is 8. The number of phenolic OH excluding ortho intramolecular Hbond substituents is 1. The maximum atomic E-state index is 13.3. The van der Waals surface area contributed by atoms with Gasteiger partial charge >= 0.3 is 0 Å². The Bertz CT molecular complexity index is 1070. The third-order valence-electron chi connectivity index (χ3n) is 7.71. The topological polar surface area (TPSA) is 59.0 Å². The molecule has 5 rings (SSSR count). The molecule has 1 aliphatic heterocycles. The Hall–Kier alpha value is -2.34. The lowest BCUT2D eigenvalue weighted by molar-refractivity contribution is -0.114. The highest BCUT2D eigenvalue weighted by atomic mass is 35.5. The number of morpholine rings is 1. The molecule has 1 heterocycles. The molecule has 0 aromatic heterocycles. The van der Waals surface area contributed by atoms with E-state index in [-0.39, 0.29) is 23.6 Å². The monoisotopic (exact) mass is 497 g/mol. The van der Waals surface area contributed by atoms with Gasteiger partial charge in [0, 0.05) is 37.0 Å². The molecule has 1 saturated heterocycles. The number of carbonyl (C=O) groups excluding carboxylic acids is 1. The van der Waals surface area contributed by atoms with Crippen molar-refractivity contribution in [2.24, 2.45) is 5.41 Å². The Kier molecular flexibility index (Phi) is 8.20. The first kappa shape index (κ1) is 25.7. The fourth-order valence-corrected chi connectivity index (χ4v) is 5.93. The lowest BCUT2D eigenvalue weighted by Crippen LogP contribution is -2.38. The zero-order valence-corrected chi connectivity index (χ0v) is 21.4. The van der Waals surface area contributed by atoms with Gasteiger partial charge in [-0.15, -0.1) is 12.4 Å². The van der Waals surface area contributed by atoms with Crippen molar-refractivity contribution in [3.63, 3.8) is 0 Å². The van der Waals surface area contributed by atoms with E-state index in [2.05, 4.69) is 11.8 Å². The number of nitrogens with zero attached hydrogens (tertiary/aromatic N) is 1. The van der Waals surface area contributed by atoms with E-state index >= 15 is 0 Å². The molecule has 188 valence electrons. The van der Waals surface area contributed by atoms with Crippen LogP contribution in [0.25, 0.3) is 11.1 Å². The highest BCUT2D eigenvalue weighted by Gasteiger charge is 2.46.